The smallest absolute Gasteiger partial charge is 0.220 e. The summed E-state index contributed by atoms with van der Waals surface area (Å²) in [4.78, 5) is 12.0. The van der Waals surface area contributed by atoms with Crippen LogP contribution in [0.5, 0.6) is 0 Å². The van der Waals surface area contributed by atoms with Crippen molar-refractivity contribution in [3.8, 4) is 0 Å². The summed E-state index contributed by atoms with van der Waals surface area (Å²) in [7, 11) is 0. The molecular formula is C19H38N4O2. The maximum Gasteiger partial charge on any atom is 0.220 e. The van der Waals surface area contributed by atoms with Crippen molar-refractivity contribution in [3.05, 3.63) is 0 Å². The Kier molecular flexibility index (Phi) is 7.26. The average molecular weight is 355 g/mol. The van der Waals surface area contributed by atoms with E-state index in [2.05, 4.69) is 49.0 Å². The first kappa shape index (κ1) is 20.6. The minimum Gasteiger partial charge on any atom is -0.388 e. The van der Waals surface area contributed by atoms with Crippen LogP contribution in [0.1, 0.15) is 53.4 Å². The lowest BCUT2D eigenvalue weighted by atomic mass is 9.70. The molecule has 6 nitrogen and oxygen atoms in total. The summed E-state index contributed by atoms with van der Waals surface area (Å²) in [5.41, 5.74) is -0.830. The van der Waals surface area contributed by atoms with Crippen LogP contribution in [0.4, 0.5) is 0 Å². The fraction of sp³-hybridized carbons (Fsp3) is 0.947. The first-order valence-electron chi connectivity index (χ1n) is 9.92. The highest BCUT2D eigenvalue weighted by Gasteiger charge is 2.45. The third-order valence-electron chi connectivity index (χ3n) is 6.06. The Bertz CT molecular complexity index is 443. The van der Waals surface area contributed by atoms with E-state index in [-0.39, 0.29) is 23.4 Å². The van der Waals surface area contributed by atoms with Crippen molar-refractivity contribution in [2.45, 2.75) is 71.1 Å². The van der Waals surface area contributed by atoms with Gasteiger partial charge in [-0.2, -0.15) is 0 Å². The van der Waals surface area contributed by atoms with Crippen LogP contribution in [-0.4, -0.2) is 61.4 Å². The zero-order valence-electron chi connectivity index (χ0n) is 16.5. The standard InChI is InChI=1S/C19H38N4O2/c1-5-20-11-15-9-16(23-17(24)10-15)8-14(2)22-13-19(25)6-7-21-12-18(19,3)4/h14-16,20-22,25H,5-13H2,1-4H3,(H,23,24). The molecule has 0 radical (unpaired) electrons. The van der Waals surface area contributed by atoms with Crippen molar-refractivity contribution in [1.29, 1.82) is 0 Å². The van der Waals surface area contributed by atoms with Crippen molar-refractivity contribution in [3.63, 3.8) is 0 Å². The number of aliphatic hydroxyl groups is 1. The van der Waals surface area contributed by atoms with Crippen molar-refractivity contribution in [1.82, 2.24) is 21.3 Å². The Morgan fingerprint density at radius 1 is 1.40 bits per heavy atom. The maximum atomic E-state index is 12.0. The fourth-order valence-electron chi connectivity index (χ4n) is 4.13. The molecule has 0 aromatic heterocycles. The number of hydrogen-bond acceptors (Lipinski definition) is 5. The van der Waals surface area contributed by atoms with Gasteiger partial charge in [0.2, 0.25) is 5.91 Å². The molecule has 0 bridgehead atoms. The van der Waals surface area contributed by atoms with Gasteiger partial charge >= 0.3 is 0 Å². The van der Waals surface area contributed by atoms with Crippen molar-refractivity contribution >= 4 is 5.91 Å². The number of nitrogens with one attached hydrogen (secondary N) is 4. The van der Waals surface area contributed by atoms with Gasteiger partial charge in [0.05, 0.1) is 5.60 Å². The Balaban J connectivity index is 1.81. The number of rotatable bonds is 8. The second-order valence-corrected chi connectivity index (χ2v) is 8.74. The van der Waals surface area contributed by atoms with Gasteiger partial charge in [0.1, 0.15) is 0 Å². The lowest BCUT2D eigenvalue weighted by Crippen LogP contribution is -2.61. The van der Waals surface area contributed by atoms with Gasteiger partial charge in [-0.25, -0.2) is 0 Å². The molecule has 5 N–H and O–H groups in total. The van der Waals surface area contributed by atoms with Crippen LogP contribution in [0.2, 0.25) is 0 Å². The van der Waals surface area contributed by atoms with Gasteiger partial charge in [0.25, 0.3) is 0 Å². The second-order valence-electron chi connectivity index (χ2n) is 8.74. The molecule has 6 heteroatoms. The van der Waals surface area contributed by atoms with Crippen LogP contribution < -0.4 is 21.3 Å². The minimum atomic E-state index is -0.685. The van der Waals surface area contributed by atoms with Gasteiger partial charge in [-0.3, -0.25) is 4.79 Å². The van der Waals surface area contributed by atoms with Crippen molar-refractivity contribution < 1.29 is 9.90 Å². The molecule has 2 saturated heterocycles. The normalized spacial score (nSPS) is 33.7. The topological polar surface area (TPSA) is 85.4 Å². The Morgan fingerprint density at radius 2 is 2.16 bits per heavy atom. The molecule has 2 fully saturated rings. The highest BCUT2D eigenvalue weighted by Crippen LogP contribution is 2.35. The molecular weight excluding hydrogens is 316 g/mol. The second kappa shape index (κ2) is 8.80. The maximum absolute atomic E-state index is 12.0. The lowest BCUT2D eigenvalue weighted by molar-refractivity contribution is -0.124. The largest absolute Gasteiger partial charge is 0.388 e. The Hall–Kier alpha value is -0.690. The molecule has 0 aromatic rings. The van der Waals surface area contributed by atoms with E-state index in [1.807, 2.05) is 0 Å². The molecule has 4 atom stereocenters. The van der Waals surface area contributed by atoms with E-state index in [4.69, 9.17) is 0 Å². The number of hydrogen-bond donors (Lipinski definition) is 5. The summed E-state index contributed by atoms with van der Waals surface area (Å²) in [5, 5.41) is 24.4. The van der Waals surface area contributed by atoms with Gasteiger partial charge in [0.15, 0.2) is 0 Å². The molecule has 2 rings (SSSR count). The fourth-order valence-corrected chi connectivity index (χ4v) is 4.13. The van der Waals surface area contributed by atoms with Crippen LogP contribution in [0.15, 0.2) is 0 Å². The summed E-state index contributed by atoms with van der Waals surface area (Å²) in [5.74, 6) is 0.600. The van der Waals surface area contributed by atoms with Crippen LogP contribution >= 0.6 is 0 Å². The van der Waals surface area contributed by atoms with E-state index in [1.165, 1.54) is 0 Å². The molecule has 146 valence electrons. The summed E-state index contributed by atoms with van der Waals surface area (Å²) < 4.78 is 0. The zero-order valence-corrected chi connectivity index (χ0v) is 16.5. The number of carbonyl (C=O) groups excluding carboxylic acids is 1. The predicted molar refractivity (Wildman–Crippen MR) is 101 cm³/mol. The van der Waals surface area contributed by atoms with Gasteiger partial charge in [0, 0.05) is 37.0 Å². The summed E-state index contributed by atoms with van der Waals surface area (Å²) in [6, 6.07) is 0.487. The summed E-state index contributed by atoms with van der Waals surface area (Å²) >= 11 is 0. The predicted octanol–water partition coefficient (Wildman–Crippen LogP) is 0.610. The van der Waals surface area contributed by atoms with Gasteiger partial charge in [-0.05, 0) is 51.7 Å². The molecule has 0 aromatic carbocycles. The third kappa shape index (κ3) is 5.64. The highest BCUT2D eigenvalue weighted by molar-refractivity contribution is 5.77. The summed E-state index contributed by atoms with van der Waals surface area (Å²) in [6.45, 7) is 12.7. The number of piperidine rings is 2. The first-order valence-corrected chi connectivity index (χ1v) is 9.92. The van der Waals surface area contributed by atoms with Gasteiger partial charge in [-0.15, -0.1) is 0 Å². The zero-order chi connectivity index (χ0) is 18.5. The number of carbonyl (C=O) groups is 1. The number of amides is 1. The monoisotopic (exact) mass is 354 g/mol. The van der Waals surface area contributed by atoms with Crippen molar-refractivity contribution in [2.75, 3.05) is 32.7 Å². The molecule has 4 unspecified atom stereocenters. The van der Waals surface area contributed by atoms with Crippen LogP contribution in [0, 0.1) is 11.3 Å². The van der Waals surface area contributed by atoms with E-state index < -0.39 is 5.60 Å². The van der Waals surface area contributed by atoms with Gasteiger partial charge < -0.3 is 26.4 Å². The van der Waals surface area contributed by atoms with Crippen LogP contribution in [0.25, 0.3) is 0 Å². The molecule has 2 aliphatic heterocycles. The molecule has 25 heavy (non-hydrogen) atoms. The Morgan fingerprint density at radius 3 is 2.84 bits per heavy atom. The molecule has 1 amide bonds. The van der Waals surface area contributed by atoms with E-state index in [9.17, 15) is 9.90 Å². The SMILES string of the molecule is CCNCC1CC(=O)NC(CC(C)NCC2(O)CCNCC2(C)C)C1. The van der Waals surface area contributed by atoms with Gasteiger partial charge in [-0.1, -0.05) is 20.8 Å². The molecule has 2 heterocycles. The minimum absolute atomic E-state index is 0.145. The molecule has 0 spiro atoms. The highest BCUT2D eigenvalue weighted by atomic mass is 16.3. The third-order valence-corrected chi connectivity index (χ3v) is 6.06. The average Bonchev–Trinajstić information content (AvgIpc) is 2.53. The quantitative estimate of drug-likeness (QED) is 0.441. The molecule has 2 aliphatic rings. The van der Waals surface area contributed by atoms with Crippen molar-refractivity contribution in [2.24, 2.45) is 11.3 Å². The van der Waals surface area contributed by atoms with E-state index >= 15 is 0 Å². The van der Waals surface area contributed by atoms with Crippen LogP contribution in [0.3, 0.4) is 0 Å². The Labute approximate surface area is 152 Å². The molecule has 0 saturated carbocycles. The van der Waals surface area contributed by atoms with E-state index in [0.29, 0.717) is 18.9 Å². The van der Waals surface area contributed by atoms with E-state index in [1.54, 1.807) is 0 Å². The lowest BCUT2D eigenvalue weighted by Gasteiger charge is -2.47. The summed E-state index contributed by atoms with van der Waals surface area (Å²) in [6.07, 6.45) is 3.34. The molecule has 0 aliphatic carbocycles. The first-order chi connectivity index (χ1) is 11.8. The van der Waals surface area contributed by atoms with Crippen LogP contribution in [-0.2, 0) is 4.79 Å². The van der Waals surface area contributed by atoms with E-state index in [0.717, 1.165) is 45.4 Å².